The van der Waals surface area contributed by atoms with Gasteiger partial charge in [-0.05, 0) is 62.1 Å². The monoisotopic (exact) mass is 418 g/mol. The molecule has 0 saturated heterocycles. The van der Waals surface area contributed by atoms with E-state index in [1.165, 1.54) is 0 Å². The minimum absolute atomic E-state index is 0.150. The van der Waals surface area contributed by atoms with Crippen molar-refractivity contribution in [3.05, 3.63) is 70.3 Å². The average molecular weight is 419 g/mol. The summed E-state index contributed by atoms with van der Waals surface area (Å²) in [6, 6.07) is 13.7. The van der Waals surface area contributed by atoms with Crippen LogP contribution in [-0.2, 0) is 5.54 Å². The van der Waals surface area contributed by atoms with Crippen LogP contribution in [0.15, 0.2) is 47.0 Å². The van der Waals surface area contributed by atoms with E-state index >= 15 is 0 Å². The Morgan fingerprint density at radius 2 is 1.97 bits per heavy atom. The first kappa shape index (κ1) is 18.8. The van der Waals surface area contributed by atoms with Crippen LogP contribution in [0.5, 0.6) is 0 Å². The molecule has 4 aromatic rings. The van der Waals surface area contributed by atoms with E-state index in [2.05, 4.69) is 26.5 Å². The number of anilines is 1. The van der Waals surface area contributed by atoms with Gasteiger partial charge in [-0.2, -0.15) is 0 Å². The largest absolute Gasteiger partial charge is 0.361 e. The summed E-state index contributed by atoms with van der Waals surface area (Å²) in [7, 11) is 0. The molecule has 2 heterocycles. The number of rotatable bonds is 5. The molecular formula is C23H19ClN4O2. The lowest BCUT2D eigenvalue weighted by atomic mass is 10.0. The van der Waals surface area contributed by atoms with Crippen LogP contribution in [0.3, 0.4) is 0 Å². The molecule has 2 aromatic heterocycles. The van der Waals surface area contributed by atoms with Gasteiger partial charge < -0.3 is 9.84 Å². The molecule has 1 N–H and O–H groups in total. The van der Waals surface area contributed by atoms with Gasteiger partial charge in [-0.15, -0.1) is 0 Å². The highest BCUT2D eigenvalue weighted by molar-refractivity contribution is 6.30. The number of hydrogen-bond donors (Lipinski definition) is 1. The predicted molar refractivity (Wildman–Crippen MR) is 116 cm³/mol. The molecule has 1 aliphatic rings. The number of aldehydes is 1. The van der Waals surface area contributed by atoms with E-state index in [0.29, 0.717) is 22.6 Å². The van der Waals surface area contributed by atoms with Crippen molar-refractivity contribution in [2.24, 2.45) is 0 Å². The highest BCUT2D eigenvalue weighted by Gasteiger charge is 2.45. The highest BCUT2D eigenvalue weighted by atomic mass is 35.5. The fourth-order valence-corrected chi connectivity index (χ4v) is 4.16. The summed E-state index contributed by atoms with van der Waals surface area (Å²) in [5, 5.41) is 9.18. The molecule has 2 aromatic carbocycles. The van der Waals surface area contributed by atoms with E-state index in [-0.39, 0.29) is 11.4 Å². The molecular weight excluding hydrogens is 400 g/mol. The van der Waals surface area contributed by atoms with Crippen molar-refractivity contribution in [3.8, 4) is 11.1 Å². The van der Waals surface area contributed by atoms with Crippen molar-refractivity contribution in [1.29, 1.82) is 0 Å². The number of aromatic nitrogens is 3. The number of carbonyl (C=O) groups is 1. The molecule has 5 rings (SSSR count). The van der Waals surface area contributed by atoms with Crippen molar-refractivity contribution in [3.63, 3.8) is 0 Å². The maximum atomic E-state index is 11.5. The van der Waals surface area contributed by atoms with Crippen molar-refractivity contribution in [2.45, 2.75) is 32.2 Å². The minimum Gasteiger partial charge on any atom is -0.361 e. The molecule has 1 fully saturated rings. The number of hydrogen-bond acceptors (Lipinski definition) is 6. The number of halogens is 1. The van der Waals surface area contributed by atoms with Crippen LogP contribution in [0, 0.1) is 13.8 Å². The Labute approximate surface area is 178 Å². The number of benzene rings is 2. The first-order chi connectivity index (χ1) is 14.5. The van der Waals surface area contributed by atoms with Crippen LogP contribution in [-0.4, -0.2) is 21.4 Å². The summed E-state index contributed by atoms with van der Waals surface area (Å²) >= 11 is 6.22. The third kappa shape index (κ3) is 3.13. The second-order valence-corrected chi connectivity index (χ2v) is 8.13. The number of fused-ring (bicyclic) bond motifs is 1. The van der Waals surface area contributed by atoms with Gasteiger partial charge in [0.2, 0.25) is 0 Å². The van der Waals surface area contributed by atoms with Gasteiger partial charge in [-0.1, -0.05) is 35.0 Å². The Morgan fingerprint density at radius 3 is 2.63 bits per heavy atom. The minimum atomic E-state index is -0.245. The molecule has 6 nitrogen and oxygen atoms in total. The number of carbonyl (C=O) groups excluding carboxylic acids is 1. The van der Waals surface area contributed by atoms with Gasteiger partial charge in [-0.25, -0.2) is 9.97 Å². The smallest absolute Gasteiger partial charge is 0.195 e. The Balaban J connectivity index is 1.65. The maximum absolute atomic E-state index is 11.5. The summed E-state index contributed by atoms with van der Waals surface area (Å²) in [6.45, 7) is 3.81. The van der Waals surface area contributed by atoms with Gasteiger partial charge in [0.25, 0.3) is 0 Å². The Hall–Kier alpha value is -3.25. The van der Waals surface area contributed by atoms with Crippen molar-refractivity contribution in [1.82, 2.24) is 15.1 Å². The van der Waals surface area contributed by atoms with Crippen molar-refractivity contribution in [2.75, 3.05) is 5.32 Å². The van der Waals surface area contributed by atoms with Crippen LogP contribution < -0.4 is 5.32 Å². The topological polar surface area (TPSA) is 80.9 Å². The van der Waals surface area contributed by atoms with Gasteiger partial charge >= 0.3 is 0 Å². The standard InChI is InChI=1S/C23H19ClN4O2/c1-13-21(14(2)30-28-13)15-6-7-19-18(10-15)22(26-20(12-29)25-19)27-23(8-9-23)16-4-3-5-17(24)11-16/h3-7,10-12H,8-9H2,1-2H3,(H,25,26,27). The van der Waals surface area contributed by atoms with Crippen LogP contribution in [0.2, 0.25) is 5.02 Å². The zero-order valence-electron chi connectivity index (χ0n) is 16.6. The molecule has 0 radical (unpaired) electrons. The van der Waals surface area contributed by atoms with Crippen LogP contribution in [0.4, 0.5) is 5.82 Å². The lowest BCUT2D eigenvalue weighted by Gasteiger charge is -2.20. The molecule has 7 heteroatoms. The molecule has 1 saturated carbocycles. The van der Waals surface area contributed by atoms with E-state index in [4.69, 9.17) is 16.1 Å². The first-order valence-corrected chi connectivity index (χ1v) is 10.1. The van der Waals surface area contributed by atoms with E-state index in [0.717, 1.165) is 46.4 Å². The van der Waals surface area contributed by atoms with E-state index in [9.17, 15) is 4.79 Å². The Morgan fingerprint density at radius 1 is 1.13 bits per heavy atom. The molecule has 1 aliphatic carbocycles. The summed E-state index contributed by atoms with van der Waals surface area (Å²) in [5.41, 5.74) is 4.31. The second kappa shape index (κ2) is 6.92. The summed E-state index contributed by atoms with van der Waals surface area (Å²) in [5.74, 6) is 1.54. The van der Waals surface area contributed by atoms with Crippen LogP contribution in [0.1, 0.15) is 40.5 Å². The summed E-state index contributed by atoms with van der Waals surface area (Å²) < 4.78 is 5.33. The zero-order chi connectivity index (χ0) is 20.9. The third-order valence-electron chi connectivity index (χ3n) is 5.63. The lowest BCUT2D eigenvalue weighted by molar-refractivity contribution is 0.111. The third-order valence-corrected chi connectivity index (χ3v) is 5.86. The zero-order valence-corrected chi connectivity index (χ0v) is 17.3. The van der Waals surface area contributed by atoms with E-state index in [1.807, 2.05) is 50.2 Å². The summed E-state index contributed by atoms with van der Waals surface area (Å²) in [6.07, 6.45) is 2.59. The normalized spacial score (nSPS) is 14.6. The SMILES string of the molecule is Cc1noc(C)c1-c1ccc2nc(C=O)nc(NC3(c4cccc(Cl)c4)CC3)c2c1. The molecule has 0 unspecified atom stereocenters. The van der Waals surface area contributed by atoms with E-state index < -0.39 is 0 Å². The Kier molecular flexibility index (Phi) is 4.33. The van der Waals surface area contributed by atoms with Crippen molar-refractivity contribution < 1.29 is 9.32 Å². The number of nitrogens with one attached hydrogen (secondary N) is 1. The lowest BCUT2D eigenvalue weighted by Crippen LogP contribution is -2.20. The molecule has 0 bridgehead atoms. The first-order valence-electron chi connectivity index (χ1n) is 9.73. The van der Waals surface area contributed by atoms with Crippen LogP contribution >= 0.6 is 11.6 Å². The molecule has 0 amide bonds. The molecule has 150 valence electrons. The number of nitrogens with zero attached hydrogens (tertiary/aromatic N) is 3. The average Bonchev–Trinajstić information content (AvgIpc) is 3.45. The summed E-state index contributed by atoms with van der Waals surface area (Å²) in [4.78, 5) is 20.3. The highest BCUT2D eigenvalue weighted by Crippen LogP contribution is 2.49. The molecule has 30 heavy (non-hydrogen) atoms. The second-order valence-electron chi connectivity index (χ2n) is 7.70. The van der Waals surface area contributed by atoms with Gasteiger partial charge in [0, 0.05) is 16.0 Å². The fraction of sp³-hybridized carbons (Fsp3) is 0.217. The predicted octanol–water partition coefficient (Wildman–Crippen LogP) is 5.47. The maximum Gasteiger partial charge on any atom is 0.195 e. The quantitative estimate of drug-likeness (QED) is 0.433. The van der Waals surface area contributed by atoms with Gasteiger partial charge in [0.05, 0.1) is 16.7 Å². The van der Waals surface area contributed by atoms with Gasteiger partial charge in [0.1, 0.15) is 11.6 Å². The van der Waals surface area contributed by atoms with Gasteiger partial charge in [0.15, 0.2) is 12.1 Å². The molecule has 0 aliphatic heterocycles. The number of aryl methyl sites for hydroxylation is 2. The molecule has 0 atom stereocenters. The fourth-order valence-electron chi connectivity index (χ4n) is 3.97. The Bertz CT molecular complexity index is 1270. The van der Waals surface area contributed by atoms with Gasteiger partial charge in [-0.3, -0.25) is 4.79 Å². The van der Waals surface area contributed by atoms with E-state index in [1.54, 1.807) is 0 Å². The molecule has 0 spiro atoms. The van der Waals surface area contributed by atoms with Crippen molar-refractivity contribution >= 4 is 34.6 Å². The van der Waals surface area contributed by atoms with Crippen LogP contribution in [0.25, 0.3) is 22.0 Å².